The van der Waals surface area contributed by atoms with Crippen LogP contribution < -0.4 is 5.32 Å². The van der Waals surface area contributed by atoms with E-state index in [4.69, 9.17) is 16.3 Å². The smallest absolute Gasteiger partial charge is 0.345 e. The Morgan fingerprint density at radius 2 is 1.92 bits per heavy atom. The maximum atomic E-state index is 12.1. The number of nitro benzene ring substituents is 1. The van der Waals surface area contributed by atoms with Crippen LogP contribution in [-0.4, -0.2) is 23.4 Å². The van der Waals surface area contributed by atoms with Crippen LogP contribution in [0.4, 0.5) is 11.4 Å². The summed E-state index contributed by atoms with van der Waals surface area (Å²) in [5, 5.41) is 14.2. The highest BCUT2D eigenvalue weighted by atomic mass is 35.5. The quantitative estimate of drug-likeness (QED) is 0.497. The van der Waals surface area contributed by atoms with Crippen LogP contribution in [0.3, 0.4) is 0 Å². The van der Waals surface area contributed by atoms with E-state index in [2.05, 4.69) is 5.32 Å². The number of hydrogen-bond acceptors (Lipinski definition) is 5. The van der Waals surface area contributed by atoms with Crippen molar-refractivity contribution in [2.75, 3.05) is 11.9 Å². The molecule has 1 amide bonds. The second kappa shape index (κ2) is 7.76. The van der Waals surface area contributed by atoms with Crippen molar-refractivity contribution in [1.29, 1.82) is 0 Å². The number of halogens is 1. The summed E-state index contributed by atoms with van der Waals surface area (Å²) in [6.45, 7) is 2.72. The molecule has 0 aromatic heterocycles. The second-order valence-corrected chi connectivity index (χ2v) is 5.75. The number of para-hydroxylation sites is 1. The molecule has 2 rings (SSSR count). The third-order valence-electron chi connectivity index (χ3n) is 3.44. The van der Waals surface area contributed by atoms with Gasteiger partial charge in [-0.2, -0.15) is 0 Å². The Bertz CT molecular complexity index is 851. The standard InChI is InChI=1S/C17H15ClN2O5/c1-10-4-3-5-13(16(10)20(23)24)17(22)25-9-15(21)19-14-7-6-12(18)8-11(14)2/h3-8H,9H2,1-2H3,(H,19,21). The van der Waals surface area contributed by atoms with Crippen molar-refractivity contribution in [2.24, 2.45) is 0 Å². The Morgan fingerprint density at radius 3 is 2.56 bits per heavy atom. The number of hydrogen-bond donors (Lipinski definition) is 1. The third kappa shape index (κ3) is 4.54. The van der Waals surface area contributed by atoms with Crippen LogP contribution >= 0.6 is 11.6 Å². The molecule has 8 heteroatoms. The fourth-order valence-electron chi connectivity index (χ4n) is 2.23. The fraction of sp³-hybridized carbons (Fsp3) is 0.176. The number of nitro groups is 1. The zero-order valence-corrected chi connectivity index (χ0v) is 14.3. The average molecular weight is 363 g/mol. The molecule has 1 N–H and O–H groups in total. The molecule has 2 aromatic rings. The van der Waals surface area contributed by atoms with Crippen molar-refractivity contribution < 1.29 is 19.2 Å². The van der Waals surface area contributed by atoms with E-state index >= 15 is 0 Å². The summed E-state index contributed by atoms with van der Waals surface area (Å²) < 4.78 is 4.89. The summed E-state index contributed by atoms with van der Waals surface area (Å²) in [4.78, 5) is 34.4. The van der Waals surface area contributed by atoms with Gasteiger partial charge in [-0.05, 0) is 43.7 Å². The van der Waals surface area contributed by atoms with Crippen LogP contribution in [0.15, 0.2) is 36.4 Å². The lowest BCUT2D eigenvalue weighted by Gasteiger charge is -2.09. The van der Waals surface area contributed by atoms with Gasteiger partial charge in [-0.1, -0.05) is 23.7 Å². The highest BCUT2D eigenvalue weighted by Gasteiger charge is 2.24. The van der Waals surface area contributed by atoms with Crippen molar-refractivity contribution in [2.45, 2.75) is 13.8 Å². The van der Waals surface area contributed by atoms with Crippen molar-refractivity contribution in [1.82, 2.24) is 0 Å². The average Bonchev–Trinajstić information content (AvgIpc) is 2.54. The molecule has 0 aliphatic rings. The maximum Gasteiger partial charge on any atom is 0.345 e. The number of rotatable bonds is 5. The second-order valence-electron chi connectivity index (χ2n) is 5.31. The number of ether oxygens (including phenoxy) is 1. The summed E-state index contributed by atoms with van der Waals surface area (Å²) in [5.74, 6) is -1.49. The Balaban J connectivity index is 2.04. The van der Waals surface area contributed by atoms with Gasteiger partial charge in [-0.15, -0.1) is 0 Å². The first-order valence-corrected chi connectivity index (χ1v) is 7.64. The Morgan fingerprint density at radius 1 is 1.20 bits per heavy atom. The third-order valence-corrected chi connectivity index (χ3v) is 3.67. The van der Waals surface area contributed by atoms with Gasteiger partial charge < -0.3 is 10.1 Å². The van der Waals surface area contributed by atoms with Crippen molar-refractivity contribution in [3.8, 4) is 0 Å². The lowest BCUT2D eigenvalue weighted by molar-refractivity contribution is -0.385. The van der Waals surface area contributed by atoms with Gasteiger partial charge >= 0.3 is 5.97 Å². The Kier molecular flexibility index (Phi) is 5.71. The summed E-state index contributed by atoms with van der Waals surface area (Å²) in [5.41, 5.74) is 1.09. The van der Waals surface area contributed by atoms with Crippen LogP contribution in [-0.2, 0) is 9.53 Å². The van der Waals surface area contributed by atoms with Crippen LogP contribution in [0.2, 0.25) is 5.02 Å². The van der Waals surface area contributed by atoms with E-state index < -0.39 is 23.4 Å². The molecule has 0 aliphatic carbocycles. The molecule has 0 bridgehead atoms. The predicted molar refractivity (Wildman–Crippen MR) is 92.9 cm³/mol. The van der Waals surface area contributed by atoms with Gasteiger partial charge in [0.1, 0.15) is 5.56 Å². The van der Waals surface area contributed by atoms with E-state index in [0.29, 0.717) is 16.3 Å². The molecule has 0 atom stereocenters. The van der Waals surface area contributed by atoms with E-state index in [1.165, 1.54) is 25.1 Å². The van der Waals surface area contributed by atoms with Crippen molar-refractivity contribution in [3.63, 3.8) is 0 Å². The number of benzene rings is 2. The van der Waals surface area contributed by atoms with Crippen LogP contribution in [0.1, 0.15) is 21.5 Å². The molecule has 0 unspecified atom stereocenters. The van der Waals surface area contributed by atoms with Gasteiger partial charge in [-0.3, -0.25) is 14.9 Å². The minimum Gasteiger partial charge on any atom is -0.452 e. The monoisotopic (exact) mass is 362 g/mol. The molecule has 0 aliphatic heterocycles. The van der Waals surface area contributed by atoms with E-state index in [0.717, 1.165) is 5.56 Å². The van der Waals surface area contributed by atoms with Gasteiger partial charge in [0.25, 0.3) is 11.6 Å². The molecule has 0 fully saturated rings. The minimum atomic E-state index is -0.932. The summed E-state index contributed by atoms with van der Waals surface area (Å²) in [6.07, 6.45) is 0. The first kappa shape index (κ1) is 18.4. The van der Waals surface area contributed by atoms with Crippen LogP contribution in [0.25, 0.3) is 0 Å². The number of nitrogens with zero attached hydrogens (tertiary/aromatic N) is 1. The molecular weight excluding hydrogens is 348 g/mol. The fourth-order valence-corrected chi connectivity index (χ4v) is 2.46. The SMILES string of the molecule is Cc1cc(Cl)ccc1NC(=O)COC(=O)c1cccc(C)c1[N+](=O)[O-]. The molecule has 25 heavy (non-hydrogen) atoms. The topological polar surface area (TPSA) is 98.5 Å². The minimum absolute atomic E-state index is 0.194. The van der Waals surface area contributed by atoms with E-state index in [-0.39, 0.29) is 11.3 Å². The van der Waals surface area contributed by atoms with Crippen LogP contribution in [0, 0.1) is 24.0 Å². The first-order valence-electron chi connectivity index (χ1n) is 7.26. The van der Waals surface area contributed by atoms with E-state index in [9.17, 15) is 19.7 Å². The van der Waals surface area contributed by atoms with E-state index in [1.807, 2.05) is 0 Å². The Hall–Kier alpha value is -2.93. The molecule has 7 nitrogen and oxygen atoms in total. The summed E-state index contributed by atoms with van der Waals surface area (Å²) >= 11 is 5.84. The van der Waals surface area contributed by atoms with Gasteiger partial charge in [0.05, 0.1) is 4.92 Å². The predicted octanol–water partition coefficient (Wildman–Crippen LogP) is 3.66. The molecule has 0 spiro atoms. The number of esters is 1. The zero-order chi connectivity index (χ0) is 18.6. The van der Waals surface area contributed by atoms with Gasteiger partial charge in [0.15, 0.2) is 6.61 Å². The highest BCUT2D eigenvalue weighted by molar-refractivity contribution is 6.30. The van der Waals surface area contributed by atoms with Crippen molar-refractivity contribution >= 4 is 34.9 Å². The number of aryl methyl sites for hydroxylation is 2. The van der Waals surface area contributed by atoms with Gasteiger partial charge in [0.2, 0.25) is 0 Å². The number of anilines is 1. The number of nitrogens with one attached hydrogen (secondary N) is 1. The molecule has 2 aromatic carbocycles. The summed E-state index contributed by atoms with van der Waals surface area (Å²) in [7, 11) is 0. The lowest BCUT2D eigenvalue weighted by atomic mass is 10.1. The summed E-state index contributed by atoms with van der Waals surface area (Å²) in [6, 6.07) is 9.24. The molecule has 0 saturated carbocycles. The van der Waals surface area contributed by atoms with E-state index in [1.54, 1.807) is 25.1 Å². The molecule has 0 saturated heterocycles. The molecule has 0 heterocycles. The van der Waals surface area contributed by atoms with Gasteiger partial charge in [0, 0.05) is 16.3 Å². The number of amides is 1. The van der Waals surface area contributed by atoms with Crippen molar-refractivity contribution in [3.05, 3.63) is 68.2 Å². The normalized spacial score (nSPS) is 10.2. The first-order chi connectivity index (χ1) is 11.8. The largest absolute Gasteiger partial charge is 0.452 e. The van der Waals surface area contributed by atoms with Crippen LogP contribution in [0.5, 0.6) is 0 Å². The molecule has 0 radical (unpaired) electrons. The molecule has 130 valence electrons. The highest BCUT2D eigenvalue weighted by Crippen LogP contribution is 2.24. The number of carbonyl (C=O) groups excluding carboxylic acids is 2. The van der Waals surface area contributed by atoms with Gasteiger partial charge in [-0.25, -0.2) is 4.79 Å². The zero-order valence-electron chi connectivity index (χ0n) is 13.5. The maximum absolute atomic E-state index is 12.1. The Labute approximate surface area is 148 Å². The lowest BCUT2D eigenvalue weighted by Crippen LogP contribution is -2.21. The molecular formula is C17H15ClN2O5. The number of carbonyl (C=O) groups is 2.